The fraction of sp³-hybridized carbons (Fsp3) is 0.515. The number of likely N-dealkylation sites (tertiary alicyclic amines) is 1. The minimum absolute atomic E-state index is 0.0512. The number of aryl methyl sites for hydroxylation is 1. The molecule has 1 amide bonds. The SMILES string of the molecule is C=CCCC(C(=O)NC)N(C)Cc1cc(CCC2CCCCN2Cc2ccc(N(C)CC)nc2)ccc1C=C. The number of piperidine rings is 1. The first-order chi connectivity index (χ1) is 18.9. The number of allylic oxidation sites excluding steroid dienone is 1. The molecule has 0 radical (unpaired) electrons. The van der Waals surface area contributed by atoms with Crippen molar-refractivity contribution in [2.75, 3.05) is 39.1 Å². The van der Waals surface area contributed by atoms with E-state index in [1.54, 1.807) is 7.05 Å². The maximum absolute atomic E-state index is 12.6. The second kappa shape index (κ2) is 15.6. The summed E-state index contributed by atoms with van der Waals surface area (Å²) in [5, 5.41) is 2.82. The number of amides is 1. The lowest BCUT2D eigenvalue weighted by Crippen LogP contribution is -2.43. The van der Waals surface area contributed by atoms with Gasteiger partial charge in [0.25, 0.3) is 0 Å². The molecule has 2 heterocycles. The number of hydrogen-bond acceptors (Lipinski definition) is 5. The van der Waals surface area contributed by atoms with Crippen LogP contribution in [-0.4, -0.2) is 67.0 Å². The van der Waals surface area contributed by atoms with Gasteiger partial charge in [-0.15, -0.1) is 6.58 Å². The summed E-state index contributed by atoms with van der Waals surface area (Å²) in [6, 6.07) is 11.5. The van der Waals surface area contributed by atoms with Crippen molar-refractivity contribution >= 4 is 17.8 Å². The Labute approximate surface area is 236 Å². The van der Waals surface area contributed by atoms with Gasteiger partial charge in [-0.1, -0.05) is 49.4 Å². The van der Waals surface area contributed by atoms with Gasteiger partial charge in [-0.3, -0.25) is 14.6 Å². The molecule has 1 aliphatic heterocycles. The molecule has 3 rings (SSSR count). The van der Waals surface area contributed by atoms with Crippen LogP contribution in [0.3, 0.4) is 0 Å². The molecule has 0 bridgehead atoms. The van der Waals surface area contributed by atoms with Gasteiger partial charge in [0.1, 0.15) is 5.82 Å². The van der Waals surface area contributed by atoms with Gasteiger partial charge in [-0.25, -0.2) is 4.98 Å². The average molecular weight is 532 g/mol. The minimum atomic E-state index is -0.184. The highest BCUT2D eigenvalue weighted by atomic mass is 16.2. The van der Waals surface area contributed by atoms with Gasteiger partial charge < -0.3 is 10.2 Å². The minimum Gasteiger partial charge on any atom is -0.360 e. The van der Waals surface area contributed by atoms with Crippen LogP contribution in [0.2, 0.25) is 0 Å². The topological polar surface area (TPSA) is 51.7 Å². The maximum Gasteiger partial charge on any atom is 0.237 e. The molecule has 39 heavy (non-hydrogen) atoms. The zero-order valence-corrected chi connectivity index (χ0v) is 24.7. The number of carbonyl (C=O) groups excluding carboxylic acids is 1. The molecule has 212 valence electrons. The molecule has 1 aliphatic rings. The number of carbonyl (C=O) groups is 1. The summed E-state index contributed by atoms with van der Waals surface area (Å²) in [6.45, 7) is 13.8. The predicted octanol–water partition coefficient (Wildman–Crippen LogP) is 5.68. The van der Waals surface area contributed by atoms with Crippen LogP contribution in [0.25, 0.3) is 6.08 Å². The van der Waals surface area contributed by atoms with Crippen molar-refractivity contribution < 1.29 is 4.79 Å². The average Bonchev–Trinajstić information content (AvgIpc) is 2.96. The van der Waals surface area contributed by atoms with E-state index in [1.165, 1.54) is 36.0 Å². The summed E-state index contributed by atoms with van der Waals surface area (Å²) >= 11 is 0. The van der Waals surface area contributed by atoms with Crippen LogP contribution in [0.1, 0.15) is 67.7 Å². The molecule has 1 fully saturated rings. The highest BCUT2D eigenvalue weighted by Crippen LogP contribution is 2.25. The van der Waals surface area contributed by atoms with E-state index >= 15 is 0 Å². The highest BCUT2D eigenvalue weighted by molar-refractivity contribution is 5.81. The van der Waals surface area contributed by atoms with Crippen molar-refractivity contribution in [3.63, 3.8) is 0 Å². The van der Waals surface area contributed by atoms with E-state index in [0.717, 1.165) is 56.7 Å². The van der Waals surface area contributed by atoms with Gasteiger partial charge in [-0.2, -0.15) is 0 Å². The molecule has 6 heteroatoms. The lowest BCUT2D eigenvalue weighted by Gasteiger charge is -2.36. The van der Waals surface area contributed by atoms with Gasteiger partial charge in [0.15, 0.2) is 0 Å². The number of anilines is 1. The lowest BCUT2D eigenvalue weighted by atomic mass is 9.93. The first kappa shape index (κ1) is 30.6. The molecule has 6 nitrogen and oxygen atoms in total. The Kier molecular flexibility index (Phi) is 12.2. The number of rotatable bonds is 15. The Bertz CT molecular complexity index is 1070. The Morgan fingerprint density at radius 2 is 2.00 bits per heavy atom. The number of likely N-dealkylation sites (N-methyl/N-ethyl adjacent to an activating group) is 2. The largest absolute Gasteiger partial charge is 0.360 e. The summed E-state index contributed by atoms with van der Waals surface area (Å²) in [5.74, 6) is 1.08. The van der Waals surface area contributed by atoms with Gasteiger partial charge in [0, 0.05) is 46.0 Å². The van der Waals surface area contributed by atoms with Crippen LogP contribution < -0.4 is 10.2 Å². The molecule has 1 aromatic heterocycles. The smallest absolute Gasteiger partial charge is 0.237 e. The molecule has 1 N–H and O–H groups in total. The van der Waals surface area contributed by atoms with Crippen LogP contribution in [0.4, 0.5) is 5.82 Å². The second-order valence-corrected chi connectivity index (χ2v) is 10.8. The van der Waals surface area contributed by atoms with Crippen molar-refractivity contribution in [1.29, 1.82) is 0 Å². The van der Waals surface area contributed by atoms with E-state index in [9.17, 15) is 4.79 Å². The van der Waals surface area contributed by atoms with Crippen molar-refractivity contribution in [1.82, 2.24) is 20.1 Å². The number of nitrogens with zero attached hydrogens (tertiary/aromatic N) is 4. The third kappa shape index (κ3) is 8.77. The van der Waals surface area contributed by atoms with Gasteiger partial charge in [0.2, 0.25) is 5.91 Å². The number of pyridine rings is 1. The predicted molar refractivity (Wildman–Crippen MR) is 165 cm³/mol. The third-order valence-corrected chi connectivity index (χ3v) is 8.15. The standard InChI is InChI=1S/C33H49N5O/c1-7-10-14-31(33(39)34-4)37(6)25-29-22-26(15-18-28(29)8-2)16-19-30-13-11-12-21-38(30)24-27-17-20-32(35-23-27)36(5)9-3/h7-8,15,17-18,20,22-23,30-31H,1-2,9-14,16,19,21,24-25H2,3-6H3,(H,34,39). The number of hydrogen-bond donors (Lipinski definition) is 1. The van der Waals surface area contributed by atoms with Crippen LogP contribution in [-0.2, 0) is 24.3 Å². The van der Waals surface area contributed by atoms with Crippen LogP contribution in [0.15, 0.2) is 55.8 Å². The summed E-state index contributed by atoms with van der Waals surface area (Å²) in [5.41, 5.74) is 5.00. The van der Waals surface area contributed by atoms with Crippen molar-refractivity contribution in [3.05, 3.63) is 78.0 Å². The maximum atomic E-state index is 12.6. The molecule has 2 unspecified atom stereocenters. The molecule has 1 aromatic carbocycles. The van der Waals surface area contributed by atoms with Crippen LogP contribution >= 0.6 is 0 Å². The van der Waals surface area contributed by atoms with Gasteiger partial charge >= 0.3 is 0 Å². The zero-order valence-electron chi connectivity index (χ0n) is 24.7. The molecular weight excluding hydrogens is 482 g/mol. The fourth-order valence-corrected chi connectivity index (χ4v) is 5.58. The molecule has 2 aromatic rings. The highest BCUT2D eigenvalue weighted by Gasteiger charge is 2.24. The Hall–Kier alpha value is -2.96. The monoisotopic (exact) mass is 531 g/mol. The normalized spacial score (nSPS) is 16.6. The Morgan fingerprint density at radius 1 is 1.21 bits per heavy atom. The van der Waals surface area contributed by atoms with Crippen molar-refractivity contribution in [2.45, 2.75) is 77.0 Å². The van der Waals surface area contributed by atoms with E-state index in [0.29, 0.717) is 12.6 Å². The van der Waals surface area contributed by atoms with Crippen molar-refractivity contribution in [3.8, 4) is 0 Å². The van der Waals surface area contributed by atoms with E-state index in [2.05, 4.69) is 82.5 Å². The van der Waals surface area contributed by atoms with E-state index in [-0.39, 0.29) is 11.9 Å². The fourth-order valence-electron chi connectivity index (χ4n) is 5.58. The number of aromatic nitrogens is 1. The molecule has 0 saturated carbocycles. The molecular formula is C33H49N5O. The molecule has 1 saturated heterocycles. The molecule has 0 spiro atoms. The summed E-state index contributed by atoms with van der Waals surface area (Å²) in [6.07, 6.45) is 13.4. The van der Waals surface area contributed by atoms with E-state index in [1.807, 2.05) is 25.4 Å². The zero-order chi connectivity index (χ0) is 28.2. The third-order valence-electron chi connectivity index (χ3n) is 8.15. The van der Waals surface area contributed by atoms with E-state index < -0.39 is 0 Å². The summed E-state index contributed by atoms with van der Waals surface area (Å²) in [7, 11) is 5.82. The first-order valence-electron chi connectivity index (χ1n) is 14.6. The summed E-state index contributed by atoms with van der Waals surface area (Å²) in [4.78, 5) is 24.2. The van der Waals surface area contributed by atoms with Gasteiger partial charge in [0.05, 0.1) is 6.04 Å². The second-order valence-electron chi connectivity index (χ2n) is 10.8. The van der Waals surface area contributed by atoms with Crippen LogP contribution in [0.5, 0.6) is 0 Å². The Balaban J connectivity index is 1.66. The van der Waals surface area contributed by atoms with E-state index in [4.69, 9.17) is 0 Å². The van der Waals surface area contributed by atoms with Crippen LogP contribution in [0, 0.1) is 0 Å². The molecule has 2 atom stereocenters. The quantitative estimate of drug-likeness (QED) is 0.300. The molecule has 0 aliphatic carbocycles. The van der Waals surface area contributed by atoms with Crippen molar-refractivity contribution in [2.24, 2.45) is 0 Å². The summed E-state index contributed by atoms with van der Waals surface area (Å²) < 4.78 is 0. The number of benzene rings is 1. The lowest BCUT2D eigenvalue weighted by molar-refractivity contribution is -0.125. The Morgan fingerprint density at radius 3 is 2.67 bits per heavy atom. The number of nitrogens with one attached hydrogen (secondary N) is 1. The first-order valence-corrected chi connectivity index (χ1v) is 14.6. The van der Waals surface area contributed by atoms with Gasteiger partial charge in [-0.05, 0) is 87.4 Å².